The van der Waals surface area contributed by atoms with E-state index in [-0.39, 0.29) is 10.5 Å². The van der Waals surface area contributed by atoms with Gasteiger partial charge in [0.15, 0.2) is 5.58 Å². The van der Waals surface area contributed by atoms with Crippen LogP contribution in [0.2, 0.25) is 0 Å². The summed E-state index contributed by atoms with van der Waals surface area (Å²) in [4.78, 5) is 22.4. The minimum absolute atomic E-state index is 0.0122. The molecule has 0 saturated carbocycles. The maximum atomic E-state index is 12.8. The fraction of sp³-hybridized carbons (Fsp3) is 0. The zero-order chi connectivity index (χ0) is 21.4. The van der Waals surface area contributed by atoms with E-state index in [1.54, 1.807) is 30.6 Å². The van der Waals surface area contributed by atoms with E-state index < -0.39 is 15.8 Å². The second-order valence-electron chi connectivity index (χ2n) is 6.63. The van der Waals surface area contributed by atoms with Crippen molar-refractivity contribution in [1.29, 1.82) is 0 Å². The van der Waals surface area contributed by atoms with Gasteiger partial charge in [-0.2, -0.15) is 0 Å². The van der Waals surface area contributed by atoms with Crippen molar-refractivity contribution >= 4 is 38.1 Å². The van der Waals surface area contributed by atoms with Crippen LogP contribution >= 0.6 is 11.3 Å². The zero-order valence-electron chi connectivity index (χ0n) is 15.8. The van der Waals surface area contributed by atoms with Crippen LogP contribution in [0.3, 0.4) is 0 Å². The summed E-state index contributed by atoms with van der Waals surface area (Å²) in [5, 5.41) is 2.77. The summed E-state index contributed by atoms with van der Waals surface area (Å²) in [5.41, 5.74) is 3.49. The van der Waals surface area contributed by atoms with Crippen LogP contribution in [0, 0.1) is 0 Å². The normalized spacial score (nSPS) is 11.6. The molecule has 3 aromatic heterocycles. The molecule has 5 aromatic rings. The van der Waals surface area contributed by atoms with Crippen LogP contribution in [-0.4, -0.2) is 23.4 Å². The van der Waals surface area contributed by atoms with Crippen molar-refractivity contribution in [1.82, 2.24) is 15.0 Å². The summed E-state index contributed by atoms with van der Waals surface area (Å²) in [6.07, 6.45) is 3.42. The van der Waals surface area contributed by atoms with Crippen molar-refractivity contribution < 1.29 is 12.8 Å². The smallest absolute Gasteiger partial charge is 0.408 e. The third kappa shape index (κ3) is 3.86. The van der Waals surface area contributed by atoms with Crippen molar-refractivity contribution in [2.45, 2.75) is 4.90 Å². The maximum absolute atomic E-state index is 12.8. The summed E-state index contributed by atoms with van der Waals surface area (Å²) < 4.78 is 33.2. The number of nitrogens with one attached hydrogen (secondary N) is 2. The Morgan fingerprint density at radius 3 is 2.68 bits per heavy atom. The number of hydrogen-bond acceptors (Lipinski definition) is 7. The Hall–Kier alpha value is -3.76. The van der Waals surface area contributed by atoms with E-state index in [0.29, 0.717) is 11.2 Å². The lowest BCUT2D eigenvalue weighted by Crippen LogP contribution is -2.12. The Bertz CT molecular complexity index is 1550. The molecular weight excluding hydrogens is 436 g/mol. The van der Waals surface area contributed by atoms with Gasteiger partial charge in [0.2, 0.25) is 0 Å². The number of anilines is 1. The lowest BCUT2D eigenvalue weighted by Gasteiger charge is -2.09. The Morgan fingerprint density at radius 1 is 1.00 bits per heavy atom. The fourth-order valence-corrected chi connectivity index (χ4v) is 4.98. The van der Waals surface area contributed by atoms with Crippen molar-refractivity contribution in [2.75, 3.05) is 4.72 Å². The predicted molar refractivity (Wildman–Crippen MR) is 118 cm³/mol. The summed E-state index contributed by atoms with van der Waals surface area (Å²) >= 11 is 1.50. The molecule has 0 aliphatic heterocycles. The van der Waals surface area contributed by atoms with Crippen LogP contribution < -0.4 is 10.5 Å². The van der Waals surface area contributed by atoms with Gasteiger partial charge in [0.1, 0.15) is 5.01 Å². The number of H-pyrrole nitrogens is 1. The number of oxazole rings is 1. The SMILES string of the molecule is O=c1[nH]c2ccc(S(=O)(=O)Nc3cccc(-c4csc(-c5ccncc5)n4)c3)cc2o1. The van der Waals surface area contributed by atoms with Crippen LogP contribution in [0.4, 0.5) is 5.69 Å². The summed E-state index contributed by atoms with van der Waals surface area (Å²) in [6.45, 7) is 0. The zero-order valence-corrected chi connectivity index (χ0v) is 17.4. The molecule has 0 saturated heterocycles. The molecule has 0 bridgehead atoms. The number of hydrogen-bond donors (Lipinski definition) is 2. The lowest BCUT2D eigenvalue weighted by molar-refractivity contribution is 0.554. The highest BCUT2D eigenvalue weighted by atomic mass is 32.2. The Balaban J connectivity index is 1.43. The molecule has 154 valence electrons. The van der Waals surface area contributed by atoms with Crippen molar-refractivity contribution in [2.24, 2.45) is 0 Å². The number of nitrogens with zero attached hydrogens (tertiary/aromatic N) is 2. The fourth-order valence-electron chi connectivity index (χ4n) is 3.08. The van der Waals surface area contributed by atoms with Gasteiger partial charge in [-0.15, -0.1) is 11.3 Å². The Morgan fingerprint density at radius 2 is 1.84 bits per heavy atom. The minimum atomic E-state index is -3.88. The van der Waals surface area contributed by atoms with Crippen molar-refractivity contribution in [3.63, 3.8) is 0 Å². The number of sulfonamides is 1. The highest BCUT2D eigenvalue weighted by molar-refractivity contribution is 7.92. The van der Waals surface area contributed by atoms with Gasteiger partial charge in [0.05, 0.1) is 16.1 Å². The third-order valence-corrected chi connectivity index (χ3v) is 6.82. The first-order chi connectivity index (χ1) is 15.0. The first-order valence-electron chi connectivity index (χ1n) is 9.10. The largest absolute Gasteiger partial charge is 0.417 e. The van der Waals surface area contributed by atoms with Gasteiger partial charge in [-0.3, -0.25) is 14.7 Å². The monoisotopic (exact) mass is 450 g/mol. The molecule has 0 aliphatic rings. The molecule has 2 N–H and O–H groups in total. The van der Waals surface area contributed by atoms with Gasteiger partial charge in [-0.05, 0) is 36.4 Å². The summed E-state index contributed by atoms with van der Waals surface area (Å²) in [7, 11) is -3.88. The van der Waals surface area contributed by atoms with Crippen LogP contribution in [0.1, 0.15) is 0 Å². The van der Waals surface area contributed by atoms with E-state index in [0.717, 1.165) is 21.8 Å². The highest BCUT2D eigenvalue weighted by Crippen LogP contribution is 2.30. The van der Waals surface area contributed by atoms with Gasteiger partial charge in [0.25, 0.3) is 10.0 Å². The van der Waals surface area contributed by atoms with E-state index in [1.165, 1.54) is 29.5 Å². The maximum Gasteiger partial charge on any atom is 0.417 e. The molecule has 0 atom stereocenters. The first kappa shape index (κ1) is 19.2. The average molecular weight is 451 g/mol. The number of pyridine rings is 1. The van der Waals surface area contributed by atoms with Gasteiger partial charge in [-0.1, -0.05) is 12.1 Å². The van der Waals surface area contributed by atoms with E-state index >= 15 is 0 Å². The lowest BCUT2D eigenvalue weighted by atomic mass is 10.1. The van der Waals surface area contributed by atoms with Crippen LogP contribution in [-0.2, 0) is 10.0 Å². The molecule has 0 fully saturated rings. The second-order valence-corrected chi connectivity index (χ2v) is 9.17. The number of thiazole rings is 1. The molecule has 0 aliphatic carbocycles. The molecule has 5 rings (SSSR count). The van der Waals surface area contributed by atoms with E-state index in [1.807, 2.05) is 23.6 Å². The summed E-state index contributed by atoms with van der Waals surface area (Å²) in [5.74, 6) is -0.639. The number of rotatable bonds is 5. The third-order valence-electron chi connectivity index (χ3n) is 4.54. The Labute approximate surface area is 180 Å². The number of aromatic amines is 1. The molecular formula is C21H14N4O4S2. The first-order valence-corrected chi connectivity index (χ1v) is 11.5. The molecule has 10 heteroatoms. The molecule has 8 nitrogen and oxygen atoms in total. The molecule has 0 unspecified atom stereocenters. The van der Waals surface area contributed by atoms with Crippen molar-refractivity contribution in [3.05, 3.63) is 82.9 Å². The molecule has 0 amide bonds. The molecule has 3 heterocycles. The predicted octanol–water partition coefficient (Wildman–Crippen LogP) is 4.11. The van der Waals surface area contributed by atoms with E-state index in [4.69, 9.17) is 4.42 Å². The molecule has 2 aromatic carbocycles. The summed E-state index contributed by atoms with van der Waals surface area (Å²) in [6, 6.07) is 15.0. The van der Waals surface area contributed by atoms with Crippen molar-refractivity contribution in [3.8, 4) is 21.8 Å². The van der Waals surface area contributed by atoms with Gasteiger partial charge >= 0.3 is 5.76 Å². The van der Waals surface area contributed by atoms with Gasteiger partial charge in [0, 0.05) is 40.7 Å². The standard InChI is InChI=1S/C21H14N4O4S2/c26-21-24-17-5-4-16(11-19(17)29-21)31(27,28)25-15-3-1-2-14(10-15)18-12-30-20(23-18)13-6-8-22-9-7-13/h1-12,25H,(H,24,26). The highest BCUT2D eigenvalue weighted by Gasteiger charge is 2.17. The van der Waals surface area contributed by atoms with Gasteiger partial charge < -0.3 is 4.42 Å². The number of fused-ring (bicyclic) bond motifs is 1. The molecule has 0 radical (unpaired) electrons. The molecule has 31 heavy (non-hydrogen) atoms. The second kappa shape index (κ2) is 7.49. The minimum Gasteiger partial charge on any atom is -0.408 e. The number of benzene rings is 2. The van der Waals surface area contributed by atoms with Crippen LogP contribution in [0.25, 0.3) is 32.9 Å². The van der Waals surface area contributed by atoms with Gasteiger partial charge in [-0.25, -0.2) is 18.2 Å². The number of aromatic nitrogens is 3. The van der Waals surface area contributed by atoms with Crippen LogP contribution in [0.5, 0.6) is 0 Å². The Kier molecular flexibility index (Phi) is 4.64. The van der Waals surface area contributed by atoms with E-state index in [2.05, 4.69) is 19.7 Å². The average Bonchev–Trinajstić information content (AvgIpc) is 3.40. The quantitative estimate of drug-likeness (QED) is 0.416. The topological polar surface area (TPSA) is 118 Å². The molecule has 0 spiro atoms. The van der Waals surface area contributed by atoms with E-state index in [9.17, 15) is 13.2 Å². The van der Waals surface area contributed by atoms with Crippen LogP contribution in [0.15, 0.2) is 86.5 Å².